The van der Waals surface area contributed by atoms with Crippen molar-refractivity contribution < 1.29 is 13.6 Å². The van der Waals surface area contributed by atoms with Gasteiger partial charge in [0.15, 0.2) is 12.4 Å². The minimum absolute atomic E-state index is 0.506. The first-order valence-electron chi connectivity index (χ1n) is 13.4. The Kier molecular flexibility index (Phi) is 3.62. The number of benzene rings is 3. The molecule has 0 fully saturated rings. The Morgan fingerprint density at radius 2 is 1.57 bits per heavy atom. The fourth-order valence-electron chi connectivity index (χ4n) is 7.55. The van der Waals surface area contributed by atoms with Crippen molar-refractivity contribution in [3.63, 3.8) is 0 Å². The summed E-state index contributed by atoms with van der Waals surface area (Å²) < 4.78 is 11.8. The standard InChI is InChI=1S/C34H26N2O/c1-21-18-27-32(33-31(21)25-13-5-7-16-30(25)37-33)29-19-22-10-2-3-11-23(22)20-36(29)34(27)26-14-6-4-12-24(26)28-15-8-9-17-35(28)34/h2-4,6,8-12,14-15,17-20H,5,7,13,16H2,1H3/q+2. The highest BCUT2D eigenvalue weighted by atomic mass is 16.3. The third kappa shape index (κ3) is 2.25. The SMILES string of the molecule is Cc1cc2c(c3oc4c(c13)CCCC4)-c1cc3ccccc3c[n+]1C21c2ccccc2-c2cccc[n+]21. The molecule has 0 saturated carbocycles. The molecule has 1 atom stereocenters. The Hall–Kier alpha value is -4.24. The summed E-state index contributed by atoms with van der Waals surface area (Å²) >= 11 is 0. The maximum Gasteiger partial charge on any atom is 0.417 e. The first-order valence-corrected chi connectivity index (χ1v) is 13.4. The highest BCUT2D eigenvalue weighted by molar-refractivity contribution is 6.00. The number of rotatable bonds is 0. The third-order valence-corrected chi connectivity index (χ3v) is 9.01. The lowest BCUT2D eigenvalue weighted by Crippen LogP contribution is -2.71. The second-order valence-electron chi connectivity index (χ2n) is 10.9. The summed E-state index contributed by atoms with van der Waals surface area (Å²) in [6.07, 6.45) is 9.23. The number of hydrogen-bond acceptors (Lipinski definition) is 1. The number of furan rings is 1. The Morgan fingerprint density at radius 1 is 0.757 bits per heavy atom. The molecule has 3 aromatic carbocycles. The fourth-order valence-corrected chi connectivity index (χ4v) is 7.55. The van der Waals surface area contributed by atoms with Crippen LogP contribution >= 0.6 is 0 Å². The van der Waals surface area contributed by atoms with E-state index in [9.17, 15) is 0 Å². The maximum absolute atomic E-state index is 6.84. The minimum Gasteiger partial charge on any atom is -0.460 e. The van der Waals surface area contributed by atoms with Crippen LogP contribution in [0.4, 0.5) is 0 Å². The van der Waals surface area contributed by atoms with Crippen LogP contribution in [0.1, 0.15) is 40.9 Å². The van der Waals surface area contributed by atoms with Gasteiger partial charge < -0.3 is 4.42 Å². The van der Waals surface area contributed by atoms with Crippen LogP contribution in [0.5, 0.6) is 0 Å². The summed E-state index contributed by atoms with van der Waals surface area (Å²) in [4.78, 5) is 0. The monoisotopic (exact) mass is 478 g/mol. The molecule has 6 aromatic rings. The van der Waals surface area contributed by atoms with Crippen molar-refractivity contribution in [1.29, 1.82) is 0 Å². The van der Waals surface area contributed by atoms with E-state index < -0.39 is 5.66 Å². The van der Waals surface area contributed by atoms with Crippen molar-refractivity contribution in [2.75, 3.05) is 0 Å². The van der Waals surface area contributed by atoms with E-state index in [-0.39, 0.29) is 0 Å². The summed E-state index contributed by atoms with van der Waals surface area (Å²) in [5, 5.41) is 3.84. The maximum atomic E-state index is 6.84. The van der Waals surface area contributed by atoms with Gasteiger partial charge in [-0.05, 0) is 67.5 Å². The molecule has 3 aliphatic rings. The van der Waals surface area contributed by atoms with E-state index >= 15 is 0 Å². The van der Waals surface area contributed by atoms with Gasteiger partial charge in [-0.1, -0.05) is 30.3 Å². The molecule has 0 amide bonds. The predicted molar refractivity (Wildman–Crippen MR) is 144 cm³/mol. The zero-order valence-corrected chi connectivity index (χ0v) is 20.8. The van der Waals surface area contributed by atoms with E-state index in [0.29, 0.717) is 0 Å². The van der Waals surface area contributed by atoms with E-state index in [0.717, 1.165) is 18.4 Å². The van der Waals surface area contributed by atoms with Gasteiger partial charge in [-0.2, -0.15) is 0 Å². The molecule has 9 rings (SSSR count). The van der Waals surface area contributed by atoms with Gasteiger partial charge in [-0.15, -0.1) is 9.13 Å². The Bertz CT molecular complexity index is 1920. The molecule has 0 bridgehead atoms. The molecule has 0 saturated heterocycles. The molecule has 0 radical (unpaired) electrons. The largest absolute Gasteiger partial charge is 0.460 e. The lowest BCUT2D eigenvalue weighted by molar-refractivity contribution is -0.954. The second-order valence-corrected chi connectivity index (χ2v) is 10.9. The van der Waals surface area contributed by atoms with Crippen LogP contribution in [0.25, 0.3) is 44.3 Å². The Labute approximate surface area is 215 Å². The molecular weight excluding hydrogens is 452 g/mol. The second kappa shape index (κ2) is 6.74. The zero-order valence-electron chi connectivity index (χ0n) is 20.8. The first-order chi connectivity index (χ1) is 18.3. The zero-order chi connectivity index (χ0) is 24.3. The smallest absolute Gasteiger partial charge is 0.417 e. The van der Waals surface area contributed by atoms with Crippen LogP contribution in [0.15, 0.2) is 95.7 Å². The summed E-state index contributed by atoms with van der Waals surface area (Å²) in [7, 11) is 0. The van der Waals surface area contributed by atoms with Crippen LogP contribution in [0.2, 0.25) is 0 Å². The molecule has 3 aromatic heterocycles. The van der Waals surface area contributed by atoms with Gasteiger partial charge in [0, 0.05) is 41.0 Å². The van der Waals surface area contributed by atoms with E-state index in [1.165, 1.54) is 79.5 Å². The molecule has 1 spiro atoms. The highest BCUT2D eigenvalue weighted by Gasteiger charge is 2.67. The van der Waals surface area contributed by atoms with Crippen molar-refractivity contribution in [3.05, 3.63) is 119 Å². The number of aryl methyl sites for hydroxylation is 3. The van der Waals surface area contributed by atoms with Gasteiger partial charge >= 0.3 is 5.66 Å². The number of pyridine rings is 2. The first kappa shape index (κ1) is 19.9. The van der Waals surface area contributed by atoms with E-state index in [1.54, 1.807) is 0 Å². The Balaban J connectivity index is 1.53. The van der Waals surface area contributed by atoms with Gasteiger partial charge in [0.1, 0.15) is 28.0 Å². The summed E-state index contributed by atoms with van der Waals surface area (Å²) in [5.41, 5.74) is 11.0. The van der Waals surface area contributed by atoms with Gasteiger partial charge in [-0.3, -0.25) is 0 Å². The number of fused-ring (bicyclic) bond motifs is 15. The van der Waals surface area contributed by atoms with Crippen LogP contribution in [-0.2, 0) is 18.5 Å². The normalized spacial score (nSPS) is 18.6. The minimum atomic E-state index is -0.506. The molecular formula is C34H26N2O+2. The molecule has 2 aliphatic heterocycles. The molecule has 1 aliphatic carbocycles. The molecule has 37 heavy (non-hydrogen) atoms. The van der Waals surface area contributed by atoms with Crippen molar-refractivity contribution in [3.8, 4) is 22.5 Å². The lowest BCUT2D eigenvalue weighted by Gasteiger charge is -2.18. The van der Waals surface area contributed by atoms with E-state index in [4.69, 9.17) is 4.42 Å². The summed E-state index contributed by atoms with van der Waals surface area (Å²) in [6, 6.07) is 29.1. The molecule has 0 N–H and O–H groups in total. The highest BCUT2D eigenvalue weighted by Crippen LogP contribution is 2.51. The van der Waals surface area contributed by atoms with E-state index in [2.05, 4.69) is 107 Å². The van der Waals surface area contributed by atoms with Crippen molar-refractivity contribution >= 4 is 21.7 Å². The van der Waals surface area contributed by atoms with E-state index in [1.807, 2.05) is 0 Å². The van der Waals surface area contributed by atoms with Crippen LogP contribution in [0, 0.1) is 6.92 Å². The van der Waals surface area contributed by atoms with Gasteiger partial charge in [0.25, 0.3) is 0 Å². The third-order valence-electron chi connectivity index (χ3n) is 9.01. The quantitative estimate of drug-likeness (QED) is 0.225. The summed E-state index contributed by atoms with van der Waals surface area (Å²) in [5.74, 6) is 1.20. The average Bonchev–Trinajstić information content (AvgIpc) is 3.56. The predicted octanol–water partition coefficient (Wildman–Crippen LogP) is 6.61. The molecule has 176 valence electrons. The van der Waals surface area contributed by atoms with Crippen molar-refractivity contribution in [2.45, 2.75) is 38.3 Å². The van der Waals surface area contributed by atoms with Crippen LogP contribution < -0.4 is 9.13 Å². The fraction of sp³-hybridized carbons (Fsp3) is 0.176. The Morgan fingerprint density at radius 3 is 2.51 bits per heavy atom. The van der Waals surface area contributed by atoms with Gasteiger partial charge in [0.05, 0.1) is 5.56 Å². The lowest BCUT2D eigenvalue weighted by atomic mass is 9.86. The summed E-state index contributed by atoms with van der Waals surface area (Å²) in [6.45, 7) is 2.28. The van der Waals surface area contributed by atoms with Crippen LogP contribution in [0.3, 0.4) is 0 Å². The number of aromatic nitrogens is 2. The van der Waals surface area contributed by atoms with Crippen molar-refractivity contribution in [1.82, 2.24) is 0 Å². The number of hydrogen-bond donors (Lipinski definition) is 0. The van der Waals surface area contributed by atoms with Crippen LogP contribution in [-0.4, -0.2) is 0 Å². The van der Waals surface area contributed by atoms with Gasteiger partial charge in [0.2, 0.25) is 11.4 Å². The molecule has 3 nitrogen and oxygen atoms in total. The van der Waals surface area contributed by atoms with Crippen molar-refractivity contribution in [2.24, 2.45) is 0 Å². The number of nitrogens with zero attached hydrogens (tertiary/aromatic N) is 2. The molecule has 3 heteroatoms. The molecule has 1 unspecified atom stereocenters. The topological polar surface area (TPSA) is 20.9 Å². The average molecular weight is 479 g/mol. The molecule has 5 heterocycles. The van der Waals surface area contributed by atoms with Gasteiger partial charge in [-0.25, -0.2) is 0 Å².